The molecule has 1 aromatic carbocycles. The molecule has 0 saturated heterocycles. The van der Waals surface area contributed by atoms with Crippen molar-refractivity contribution in [3.05, 3.63) is 31.9 Å². The van der Waals surface area contributed by atoms with Gasteiger partial charge in [-0.25, -0.2) is 0 Å². The minimum atomic E-state index is -0.345. The van der Waals surface area contributed by atoms with E-state index in [-0.39, 0.29) is 10.6 Å². The van der Waals surface area contributed by atoms with Crippen LogP contribution in [-0.4, -0.2) is 18.0 Å². The first-order valence-electron chi connectivity index (χ1n) is 5.68. The Kier molecular flexibility index (Phi) is 5.17. The molecule has 0 fully saturated rings. The lowest BCUT2D eigenvalue weighted by atomic mass is 10.1. The van der Waals surface area contributed by atoms with E-state index >= 15 is 0 Å². The van der Waals surface area contributed by atoms with E-state index < -0.39 is 0 Å². The molecule has 5 heteroatoms. The normalized spacial score (nSPS) is 10.6. The van der Waals surface area contributed by atoms with Gasteiger partial charge in [-0.15, -0.1) is 0 Å². The molecule has 0 N–H and O–H groups in total. The number of hydrogen-bond acceptors (Lipinski definition) is 3. The average molecular weight is 348 g/mol. The van der Waals surface area contributed by atoms with Crippen LogP contribution in [0.15, 0.2) is 18.2 Å². The largest absolute Gasteiger partial charge is 0.372 e. The maximum Gasteiger partial charge on any atom is 0.282 e. The van der Waals surface area contributed by atoms with Gasteiger partial charge >= 0.3 is 0 Å². The molecular formula is C12H17IN2O2. The van der Waals surface area contributed by atoms with Crippen LogP contribution in [0, 0.1) is 13.7 Å². The number of benzene rings is 1. The Morgan fingerprint density at radius 2 is 2.00 bits per heavy atom. The number of nitro groups is 1. The second-order valence-corrected chi connectivity index (χ2v) is 5.14. The lowest BCUT2D eigenvalue weighted by Crippen LogP contribution is -2.30. The minimum Gasteiger partial charge on any atom is -0.372 e. The van der Waals surface area contributed by atoms with Crippen molar-refractivity contribution < 1.29 is 4.92 Å². The molecule has 0 heterocycles. The van der Waals surface area contributed by atoms with Crippen molar-refractivity contribution in [3.8, 4) is 0 Å². The predicted octanol–water partition coefficient (Wildman–Crippen LogP) is 3.82. The van der Waals surface area contributed by atoms with Crippen LogP contribution in [0.3, 0.4) is 0 Å². The maximum atomic E-state index is 10.7. The first-order chi connectivity index (χ1) is 8.01. The highest BCUT2D eigenvalue weighted by molar-refractivity contribution is 14.1. The number of nitro benzene ring substituents is 1. The Balaban J connectivity index is 3.00. The van der Waals surface area contributed by atoms with Gasteiger partial charge in [0, 0.05) is 24.8 Å². The SMILES string of the molecule is CCC(CC)N(C)c1ccc([N+](=O)[O-])c(I)c1. The monoisotopic (exact) mass is 348 g/mol. The number of halogens is 1. The van der Waals surface area contributed by atoms with Crippen molar-refractivity contribution in [1.29, 1.82) is 0 Å². The molecule has 4 nitrogen and oxygen atoms in total. The molecule has 94 valence electrons. The molecule has 0 amide bonds. The fourth-order valence-electron chi connectivity index (χ4n) is 1.91. The first kappa shape index (κ1) is 14.2. The second kappa shape index (κ2) is 6.18. The van der Waals surface area contributed by atoms with Crippen LogP contribution in [0.2, 0.25) is 0 Å². The van der Waals surface area contributed by atoms with Crippen LogP contribution in [0.25, 0.3) is 0 Å². The fourth-order valence-corrected chi connectivity index (χ4v) is 2.61. The van der Waals surface area contributed by atoms with Gasteiger partial charge in [-0.1, -0.05) is 13.8 Å². The highest BCUT2D eigenvalue weighted by atomic mass is 127. The Morgan fingerprint density at radius 3 is 2.41 bits per heavy atom. The van der Waals surface area contributed by atoms with Crippen LogP contribution >= 0.6 is 22.6 Å². The van der Waals surface area contributed by atoms with Gasteiger partial charge in [-0.05, 0) is 47.6 Å². The van der Waals surface area contributed by atoms with E-state index in [9.17, 15) is 10.1 Å². The van der Waals surface area contributed by atoms with Gasteiger partial charge in [-0.2, -0.15) is 0 Å². The van der Waals surface area contributed by atoms with Crippen LogP contribution in [0.5, 0.6) is 0 Å². The summed E-state index contributed by atoms with van der Waals surface area (Å²) in [5.41, 5.74) is 1.21. The van der Waals surface area contributed by atoms with Gasteiger partial charge in [-0.3, -0.25) is 10.1 Å². The summed E-state index contributed by atoms with van der Waals surface area (Å²) in [5.74, 6) is 0. The smallest absolute Gasteiger partial charge is 0.282 e. The Hall–Kier alpha value is -0.850. The lowest BCUT2D eigenvalue weighted by molar-refractivity contribution is -0.385. The topological polar surface area (TPSA) is 46.4 Å². The van der Waals surface area contributed by atoms with Gasteiger partial charge in [0.15, 0.2) is 0 Å². The van der Waals surface area contributed by atoms with E-state index in [1.807, 2.05) is 41.8 Å². The second-order valence-electron chi connectivity index (χ2n) is 3.97. The summed E-state index contributed by atoms with van der Waals surface area (Å²) in [7, 11) is 2.04. The van der Waals surface area contributed by atoms with Gasteiger partial charge in [0.1, 0.15) is 0 Å². The molecule has 0 radical (unpaired) electrons. The van der Waals surface area contributed by atoms with Crippen molar-refractivity contribution in [2.75, 3.05) is 11.9 Å². The van der Waals surface area contributed by atoms with Crippen LogP contribution in [0.4, 0.5) is 11.4 Å². The highest BCUT2D eigenvalue weighted by Gasteiger charge is 2.16. The molecular weight excluding hydrogens is 331 g/mol. The van der Waals surface area contributed by atoms with E-state index in [1.54, 1.807) is 6.07 Å². The Labute approximate surface area is 115 Å². The molecule has 17 heavy (non-hydrogen) atoms. The zero-order valence-corrected chi connectivity index (χ0v) is 12.5. The number of hydrogen-bond donors (Lipinski definition) is 0. The molecule has 1 aromatic rings. The third-order valence-electron chi connectivity index (χ3n) is 3.03. The van der Waals surface area contributed by atoms with E-state index in [0.717, 1.165) is 18.5 Å². The summed E-state index contributed by atoms with van der Waals surface area (Å²) >= 11 is 2.01. The first-order valence-corrected chi connectivity index (χ1v) is 6.75. The van der Waals surface area contributed by atoms with Crippen LogP contribution < -0.4 is 4.90 Å². The lowest BCUT2D eigenvalue weighted by Gasteiger charge is -2.28. The number of anilines is 1. The molecule has 0 aliphatic heterocycles. The number of rotatable bonds is 5. The molecule has 0 bridgehead atoms. The zero-order chi connectivity index (χ0) is 13.0. The quantitative estimate of drug-likeness (QED) is 0.462. The van der Waals surface area contributed by atoms with Crippen molar-refractivity contribution in [1.82, 2.24) is 0 Å². The van der Waals surface area contributed by atoms with Crippen molar-refractivity contribution in [2.45, 2.75) is 32.7 Å². The van der Waals surface area contributed by atoms with Gasteiger partial charge in [0.25, 0.3) is 5.69 Å². The fraction of sp³-hybridized carbons (Fsp3) is 0.500. The summed E-state index contributed by atoms with van der Waals surface area (Å²) < 4.78 is 0.683. The van der Waals surface area contributed by atoms with Gasteiger partial charge in [0.05, 0.1) is 8.49 Å². The van der Waals surface area contributed by atoms with Gasteiger partial charge in [0.2, 0.25) is 0 Å². The van der Waals surface area contributed by atoms with E-state index in [2.05, 4.69) is 18.7 Å². The molecule has 1 rings (SSSR count). The standard InChI is InChI=1S/C12H17IN2O2/c1-4-9(5-2)14(3)10-6-7-12(15(16)17)11(13)8-10/h6-9H,4-5H2,1-3H3. The minimum absolute atomic E-state index is 0.173. The molecule has 0 saturated carbocycles. The summed E-state index contributed by atoms with van der Waals surface area (Å²) in [6.07, 6.45) is 2.14. The average Bonchev–Trinajstić information content (AvgIpc) is 2.29. The highest BCUT2D eigenvalue weighted by Crippen LogP contribution is 2.27. The van der Waals surface area contributed by atoms with Crippen molar-refractivity contribution >= 4 is 34.0 Å². The molecule has 0 aliphatic carbocycles. The molecule has 0 spiro atoms. The third kappa shape index (κ3) is 3.31. The maximum absolute atomic E-state index is 10.7. The molecule has 0 aromatic heterocycles. The Morgan fingerprint density at radius 1 is 1.41 bits per heavy atom. The molecule has 0 unspecified atom stereocenters. The molecule has 0 atom stereocenters. The zero-order valence-electron chi connectivity index (χ0n) is 10.3. The number of nitrogens with zero attached hydrogens (tertiary/aromatic N) is 2. The summed E-state index contributed by atoms with van der Waals surface area (Å²) in [6.45, 7) is 4.31. The van der Waals surface area contributed by atoms with E-state index in [0.29, 0.717) is 9.61 Å². The summed E-state index contributed by atoms with van der Waals surface area (Å²) in [5, 5.41) is 10.7. The third-order valence-corrected chi connectivity index (χ3v) is 3.89. The summed E-state index contributed by atoms with van der Waals surface area (Å²) in [4.78, 5) is 12.6. The van der Waals surface area contributed by atoms with Crippen molar-refractivity contribution in [2.24, 2.45) is 0 Å². The Bertz CT molecular complexity index is 405. The van der Waals surface area contributed by atoms with E-state index in [1.165, 1.54) is 0 Å². The predicted molar refractivity (Wildman–Crippen MR) is 78.6 cm³/mol. The summed E-state index contributed by atoms with van der Waals surface area (Å²) in [6, 6.07) is 5.75. The van der Waals surface area contributed by atoms with Crippen LogP contribution in [0.1, 0.15) is 26.7 Å². The van der Waals surface area contributed by atoms with Crippen LogP contribution in [-0.2, 0) is 0 Å². The molecule has 0 aliphatic rings. The van der Waals surface area contributed by atoms with Crippen molar-refractivity contribution in [3.63, 3.8) is 0 Å². The van der Waals surface area contributed by atoms with E-state index in [4.69, 9.17) is 0 Å². The van der Waals surface area contributed by atoms with Gasteiger partial charge < -0.3 is 4.90 Å².